The first kappa shape index (κ1) is 32.0. The average molecular weight is 626 g/mol. The van der Waals surface area contributed by atoms with Crippen molar-refractivity contribution < 1.29 is 28.5 Å². The second-order valence-corrected chi connectivity index (χ2v) is 13.9. The van der Waals surface area contributed by atoms with Gasteiger partial charge in [-0.15, -0.1) is 23.2 Å². The summed E-state index contributed by atoms with van der Waals surface area (Å²) in [7, 11) is -0.996. The molecule has 2 fully saturated rings. The molecule has 3 aromatic rings. The number of fused-ring (bicyclic) bond motifs is 2. The summed E-state index contributed by atoms with van der Waals surface area (Å²) in [6, 6.07) is 19.5. The van der Waals surface area contributed by atoms with Crippen LogP contribution in [-0.4, -0.2) is 47.1 Å². The summed E-state index contributed by atoms with van der Waals surface area (Å²) >= 11 is 9.53. The van der Waals surface area contributed by atoms with Gasteiger partial charge in [0.05, 0.1) is 39.1 Å². The van der Waals surface area contributed by atoms with Crippen molar-refractivity contribution >= 4 is 59.7 Å². The van der Waals surface area contributed by atoms with Gasteiger partial charge in [0, 0.05) is 6.54 Å². The van der Waals surface area contributed by atoms with Gasteiger partial charge in [0.25, 0.3) is 0 Å². The third-order valence-electron chi connectivity index (χ3n) is 9.10. The maximum atomic E-state index is 9.81. The van der Waals surface area contributed by atoms with Crippen LogP contribution >= 0.6 is 23.2 Å². The minimum Gasteiger partial charge on any atom is -0.508 e. The van der Waals surface area contributed by atoms with Gasteiger partial charge in [-0.05, 0) is 108 Å². The van der Waals surface area contributed by atoms with Gasteiger partial charge in [-0.2, -0.15) is 0 Å². The van der Waals surface area contributed by atoms with Crippen molar-refractivity contribution in [2.24, 2.45) is 0 Å². The monoisotopic (exact) mass is 625 g/mol. The van der Waals surface area contributed by atoms with E-state index in [9.17, 15) is 5.11 Å². The van der Waals surface area contributed by atoms with E-state index < -0.39 is 36.6 Å². The molecule has 0 spiro atoms. The molecule has 0 aliphatic carbocycles. The third kappa shape index (κ3) is 6.13. The van der Waals surface area contributed by atoms with Gasteiger partial charge in [-0.25, -0.2) is 0 Å². The van der Waals surface area contributed by atoms with E-state index in [1.807, 2.05) is 36.4 Å². The summed E-state index contributed by atoms with van der Waals surface area (Å²) in [5, 5.41) is 10.0. The first-order valence-electron chi connectivity index (χ1n) is 14.4. The highest BCUT2D eigenvalue weighted by Gasteiger charge is 2.53. The molecule has 0 aromatic heterocycles. The Morgan fingerprint density at radius 3 is 1.37 bits per heavy atom. The van der Waals surface area contributed by atoms with E-state index >= 15 is 0 Å². The molecule has 43 heavy (non-hydrogen) atoms. The van der Waals surface area contributed by atoms with Crippen LogP contribution in [0.3, 0.4) is 0 Å². The Bertz CT molecular complexity index is 1360. The molecule has 0 saturated carbocycles. The maximum Gasteiger partial charge on any atom is 0.494 e. The molecule has 3 heterocycles. The lowest BCUT2D eigenvalue weighted by Gasteiger charge is -2.33. The lowest BCUT2D eigenvalue weighted by molar-refractivity contribution is 0.00578. The van der Waals surface area contributed by atoms with Crippen molar-refractivity contribution in [3.63, 3.8) is 0 Å². The molecule has 11 heteroatoms. The van der Waals surface area contributed by atoms with Crippen LogP contribution in [0.15, 0.2) is 60.7 Å². The SMILES string of the molecule is CC1(C)OB(c2ccc3c(c2)Oc2cc(B4OC(C)(C)C(C)(C)O4)ccc2N3Cc2ccc(O)cc2)OC1(C)C.ClCCl. The van der Waals surface area contributed by atoms with E-state index in [4.69, 9.17) is 46.6 Å². The molecule has 6 rings (SSSR count). The van der Waals surface area contributed by atoms with Crippen molar-refractivity contribution in [1.29, 1.82) is 0 Å². The van der Waals surface area contributed by atoms with Crippen molar-refractivity contribution in [3.8, 4) is 17.2 Å². The minimum absolute atomic E-state index is 0.194. The van der Waals surface area contributed by atoms with Crippen molar-refractivity contribution in [1.82, 2.24) is 0 Å². The predicted octanol–water partition coefficient (Wildman–Crippen LogP) is 6.86. The summed E-state index contributed by atoms with van der Waals surface area (Å²) in [5.74, 6) is 1.67. The van der Waals surface area contributed by atoms with Crippen LogP contribution in [0.4, 0.5) is 11.4 Å². The van der Waals surface area contributed by atoms with Crippen molar-refractivity contribution in [3.05, 3.63) is 66.2 Å². The lowest BCUT2D eigenvalue weighted by atomic mass is 9.78. The number of anilines is 2. The Labute approximate surface area is 265 Å². The zero-order valence-electron chi connectivity index (χ0n) is 26.0. The molecule has 228 valence electrons. The standard InChI is InChI=1S/C31H37B2NO6.CH2Cl2/c1-28(2)29(3,4)38-32(37-28)21-11-15-24-26(17-21)36-27-18-22(33-39-30(5,6)31(7,8)40-33)12-16-25(27)34(24)19-20-9-13-23(35)14-10-20;2-1-3/h9-18,35H,19H2,1-8H3;1H2. The first-order chi connectivity index (χ1) is 20.1. The fraction of sp³-hybridized carbons (Fsp3) is 0.438. The fourth-order valence-electron chi connectivity index (χ4n) is 5.12. The van der Waals surface area contributed by atoms with Crippen LogP contribution < -0.4 is 20.6 Å². The molecule has 1 N–H and O–H groups in total. The van der Waals surface area contributed by atoms with Gasteiger partial charge in [0.1, 0.15) is 5.75 Å². The summed E-state index contributed by atoms with van der Waals surface area (Å²) in [4.78, 5) is 2.22. The molecule has 2 saturated heterocycles. The molecule has 3 aliphatic rings. The minimum atomic E-state index is -0.498. The number of hydrogen-bond donors (Lipinski definition) is 1. The Balaban J connectivity index is 0.00000118. The average Bonchev–Trinajstić information content (AvgIpc) is 3.29. The maximum absolute atomic E-state index is 9.81. The number of phenolic OH excluding ortho intramolecular Hbond substituents is 1. The number of alkyl halides is 2. The highest BCUT2D eigenvalue weighted by Crippen LogP contribution is 2.47. The number of rotatable bonds is 4. The molecule has 0 bridgehead atoms. The summed E-state index contributed by atoms with van der Waals surface area (Å²) in [5.41, 5.74) is 2.95. The van der Waals surface area contributed by atoms with Crippen LogP contribution in [-0.2, 0) is 25.2 Å². The largest absolute Gasteiger partial charge is 0.508 e. The van der Waals surface area contributed by atoms with Crippen molar-refractivity contribution in [2.75, 3.05) is 10.2 Å². The van der Waals surface area contributed by atoms with Gasteiger partial charge in [0.15, 0.2) is 11.5 Å². The third-order valence-corrected chi connectivity index (χ3v) is 9.10. The lowest BCUT2D eigenvalue weighted by Crippen LogP contribution is -2.41. The van der Waals surface area contributed by atoms with E-state index in [1.54, 1.807) is 12.1 Å². The van der Waals surface area contributed by atoms with Crippen molar-refractivity contribution in [2.45, 2.75) is 84.3 Å². The van der Waals surface area contributed by atoms with Crippen LogP contribution in [0, 0.1) is 0 Å². The van der Waals surface area contributed by atoms with Crippen LogP contribution in [0.1, 0.15) is 61.0 Å². The molecule has 0 atom stereocenters. The summed E-state index contributed by atoms with van der Waals surface area (Å²) in [6.07, 6.45) is 0. The van der Waals surface area contributed by atoms with E-state index in [0.717, 1.165) is 27.9 Å². The highest BCUT2D eigenvalue weighted by molar-refractivity contribution is 6.62. The van der Waals surface area contributed by atoms with Crippen LogP contribution in [0.2, 0.25) is 0 Å². The van der Waals surface area contributed by atoms with E-state index in [1.165, 1.54) is 0 Å². The predicted molar refractivity (Wildman–Crippen MR) is 175 cm³/mol. The van der Waals surface area contributed by atoms with E-state index in [2.05, 4.69) is 72.4 Å². The van der Waals surface area contributed by atoms with Crippen LogP contribution in [0.25, 0.3) is 0 Å². The van der Waals surface area contributed by atoms with Gasteiger partial charge in [0.2, 0.25) is 0 Å². The second-order valence-electron chi connectivity index (χ2n) is 13.1. The number of ether oxygens (including phenoxy) is 1. The molecule has 0 unspecified atom stereocenters. The van der Waals surface area contributed by atoms with E-state index in [-0.39, 0.29) is 11.1 Å². The Hall–Kier alpha value is -2.39. The van der Waals surface area contributed by atoms with E-state index in [0.29, 0.717) is 18.0 Å². The Kier molecular flexibility index (Phi) is 8.57. The Morgan fingerprint density at radius 1 is 0.628 bits per heavy atom. The summed E-state index contributed by atoms with van der Waals surface area (Å²) < 4.78 is 31.9. The zero-order valence-corrected chi connectivity index (χ0v) is 27.5. The molecule has 3 aliphatic heterocycles. The molecule has 0 radical (unpaired) electrons. The second kappa shape index (κ2) is 11.5. The molecule has 7 nitrogen and oxygen atoms in total. The molecular weight excluding hydrogens is 587 g/mol. The van der Waals surface area contributed by atoms with Gasteiger partial charge >= 0.3 is 14.2 Å². The smallest absolute Gasteiger partial charge is 0.494 e. The van der Waals surface area contributed by atoms with Gasteiger partial charge in [-0.3, -0.25) is 0 Å². The quantitative estimate of drug-likeness (QED) is 0.251. The highest BCUT2D eigenvalue weighted by atomic mass is 35.5. The van der Waals surface area contributed by atoms with Crippen LogP contribution in [0.5, 0.6) is 17.2 Å². The normalized spacial score (nSPS) is 20.6. The first-order valence-corrected chi connectivity index (χ1v) is 15.5. The van der Waals surface area contributed by atoms with Gasteiger partial charge < -0.3 is 33.4 Å². The zero-order chi connectivity index (χ0) is 31.4. The number of hydrogen-bond acceptors (Lipinski definition) is 7. The number of nitrogens with zero attached hydrogens (tertiary/aromatic N) is 1. The number of benzene rings is 3. The molecule has 0 amide bonds. The topological polar surface area (TPSA) is 69.6 Å². The van der Waals surface area contributed by atoms with Gasteiger partial charge in [-0.1, -0.05) is 24.3 Å². The number of phenols is 1. The fourth-order valence-corrected chi connectivity index (χ4v) is 5.12. The molecule has 3 aromatic carbocycles. The molecular formula is C32H39B2Cl2NO6. The summed E-state index contributed by atoms with van der Waals surface area (Å²) in [6.45, 7) is 17.0. The Morgan fingerprint density at radius 2 is 1.00 bits per heavy atom. The number of aromatic hydroxyl groups is 1. The number of halogens is 2.